The monoisotopic (exact) mass is 272 g/mol. The Kier molecular flexibility index (Phi) is 5.22. The minimum Gasteiger partial charge on any atom is -0.361 e. The molecule has 0 spiro atoms. The normalized spacial score (nSPS) is 12.5. The van der Waals surface area contributed by atoms with Crippen LogP contribution in [0.25, 0.3) is 10.9 Å². The number of aryl methyl sites for hydroxylation is 1. The highest BCUT2D eigenvalue weighted by Gasteiger charge is 2.07. The number of para-hydroxylation sites is 1. The summed E-state index contributed by atoms with van der Waals surface area (Å²) >= 11 is 0. The maximum atomic E-state index is 11.8. The van der Waals surface area contributed by atoms with Crippen LogP contribution in [0.4, 0.5) is 0 Å². The van der Waals surface area contributed by atoms with Gasteiger partial charge in [-0.1, -0.05) is 31.5 Å². The molecule has 0 saturated heterocycles. The Morgan fingerprint density at radius 1 is 1.35 bits per heavy atom. The first-order chi connectivity index (χ1) is 9.70. The van der Waals surface area contributed by atoms with Crippen molar-refractivity contribution in [2.75, 3.05) is 0 Å². The van der Waals surface area contributed by atoms with Crippen LogP contribution in [0.5, 0.6) is 0 Å². The van der Waals surface area contributed by atoms with Gasteiger partial charge in [0.1, 0.15) is 0 Å². The van der Waals surface area contributed by atoms with Gasteiger partial charge in [0, 0.05) is 29.6 Å². The minimum absolute atomic E-state index is 0.172. The number of benzene rings is 1. The standard InChI is InChI=1S/C17H24N2O/c1-3-7-13(2)19-17(20)11-6-8-14-12-18-16-10-5-4-9-15(14)16/h4-5,9-10,12-13,18H,3,6-8,11H2,1-2H3,(H,19,20). The molecule has 0 aliphatic rings. The van der Waals surface area contributed by atoms with Gasteiger partial charge in [0.2, 0.25) is 5.91 Å². The van der Waals surface area contributed by atoms with Crippen molar-refractivity contribution < 1.29 is 4.79 Å². The first-order valence-corrected chi connectivity index (χ1v) is 7.55. The van der Waals surface area contributed by atoms with Gasteiger partial charge < -0.3 is 10.3 Å². The van der Waals surface area contributed by atoms with Crippen LogP contribution in [-0.4, -0.2) is 16.9 Å². The van der Waals surface area contributed by atoms with Crippen molar-refractivity contribution in [3.63, 3.8) is 0 Å². The lowest BCUT2D eigenvalue weighted by molar-refractivity contribution is -0.121. The van der Waals surface area contributed by atoms with Crippen LogP contribution in [0.2, 0.25) is 0 Å². The number of rotatable bonds is 7. The van der Waals surface area contributed by atoms with Crippen molar-refractivity contribution in [2.45, 2.75) is 52.0 Å². The van der Waals surface area contributed by atoms with E-state index in [0.29, 0.717) is 12.5 Å². The summed E-state index contributed by atoms with van der Waals surface area (Å²) < 4.78 is 0. The predicted molar refractivity (Wildman–Crippen MR) is 83.7 cm³/mol. The molecule has 1 unspecified atom stereocenters. The molecule has 1 atom stereocenters. The molecule has 0 bridgehead atoms. The van der Waals surface area contributed by atoms with E-state index in [0.717, 1.165) is 25.7 Å². The zero-order chi connectivity index (χ0) is 14.4. The van der Waals surface area contributed by atoms with Crippen LogP contribution in [0, 0.1) is 0 Å². The third kappa shape index (κ3) is 3.86. The predicted octanol–water partition coefficient (Wildman–Crippen LogP) is 3.80. The molecule has 0 fully saturated rings. The second kappa shape index (κ2) is 7.13. The van der Waals surface area contributed by atoms with E-state index in [1.165, 1.54) is 16.5 Å². The zero-order valence-corrected chi connectivity index (χ0v) is 12.4. The van der Waals surface area contributed by atoms with Crippen molar-refractivity contribution in [2.24, 2.45) is 0 Å². The SMILES string of the molecule is CCCC(C)NC(=O)CCCc1c[nH]c2ccccc12. The van der Waals surface area contributed by atoms with Gasteiger partial charge in [-0.25, -0.2) is 0 Å². The van der Waals surface area contributed by atoms with Gasteiger partial charge in [0.15, 0.2) is 0 Å². The molecule has 2 N–H and O–H groups in total. The summed E-state index contributed by atoms with van der Waals surface area (Å²) in [5.41, 5.74) is 2.47. The van der Waals surface area contributed by atoms with Crippen LogP contribution in [0.15, 0.2) is 30.5 Å². The number of amides is 1. The lowest BCUT2D eigenvalue weighted by atomic mass is 10.1. The van der Waals surface area contributed by atoms with E-state index in [1.54, 1.807) is 0 Å². The maximum Gasteiger partial charge on any atom is 0.220 e. The largest absolute Gasteiger partial charge is 0.361 e. The molecule has 0 aliphatic carbocycles. The molecular formula is C17H24N2O. The number of carbonyl (C=O) groups excluding carboxylic acids is 1. The van der Waals surface area contributed by atoms with Crippen molar-refractivity contribution in [3.05, 3.63) is 36.0 Å². The van der Waals surface area contributed by atoms with E-state index in [9.17, 15) is 4.79 Å². The van der Waals surface area contributed by atoms with Crippen molar-refractivity contribution in [1.82, 2.24) is 10.3 Å². The van der Waals surface area contributed by atoms with E-state index in [2.05, 4.69) is 48.5 Å². The maximum absolute atomic E-state index is 11.8. The first-order valence-electron chi connectivity index (χ1n) is 7.55. The van der Waals surface area contributed by atoms with E-state index in [4.69, 9.17) is 0 Å². The summed E-state index contributed by atoms with van der Waals surface area (Å²) in [4.78, 5) is 15.1. The average molecular weight is 272 g/mol. The summed E-state index contributed by atoms with van der Waals surface area (Å²) in [7, 11) is 0. The number of aromatic nitrogens is 1. The number of carbonyl (C=O) groups is 1. The van der Waals surface area contributed by atoms with Crippen LogP contribution in [0.1, 0.15) is 45.1 Å². The molecule has 3 nitrogen and oxygen atoms in total. The van der Waals surface area contributed by atoms with Crippen molar-refractivity contribution >= 4 is 16.8 Å². The fourth-order valence-electron chi connectivity index (χ4n) is 2.63. The number of hydrogen-bond donors (Lipinski definition) is 2. The van der Waals surface area contributed by atoms with E-state index >= 15 is 0 Å². The highest BCUT2D eigenvalue weighted by atomic mass is 16.1. The molecule has 2 rings (SSSR count). The van der Waals surface area contributed by atoms with Crippen LogP contribution in [0.3, 0.4) is 0 Å². The zero-order valence-electron chi connectivity index (χ0n) is 12.4. The minimum atomic E-state index is 0.172. The number of H-pyrrole nitrogens is 1. The van der Waals surface area contributed by atoms with Crippen LogP contribution < -0.4 is 5.32 Å². The highest BCUT2D eigenvalue weighted by molar-refractivity contribution is 5.83. The number of hydrogen-bond acceptors (Lipinski definition) is 1. The summed E-state index contributed by atoms with van der Waals surface area (Å²) in [5, 5.41) is 4.32. The molecule has 1 aromatic heterocycles. The molecular weight excluding hydrogens is 248 g/mol. The van der Waals surface area contributed by atoms with Gasteiger partial charge in [-0.15, -0.1) is 0 Å². The fourth-order valence-corrected chi connectivity index (χ4v) is 2.63. The van der Waals surface area contributed by atoms with Crippen LogP contribution in [-0.2, 0) is 11.2 Å². The third-order valence-electron chi connectivity index (χ3n) is 3.65. The van der Waals surface area contributed by atoms with Crippen molar-refractivity contribution in [3.8, 4) is 0 Å². The van der Waals surface area contributed by atoms with Gasteiger partial charge in [0.05, 0.1) is 0 Å². The topological polar surface area (TPSA) is 44.9 Å². The Morgan fingerprint density at radius 3 is 2.95 bits per heavy atom. The molecule has 20 heavy (non-hydrogen) atoms. The first kappa shape index (κ1) is 14.6. The second-order valence-electron chi connectivity index (χ2n) is 5.47. The van der Waals surface area contributed by atoms with Crippen molar-refractivity contribution in [1.29, 1.82) is 0 Å². The highest BCUT2D eigenvalue weighted by Crippen LogP contribution is 2.19. The Morgan fingerprint density at radius 2 is 2.15 bits per heavy atom. The molecule has 3 heteroatoms. The quantitative estimate of drug-likeness (QED) is 0.791. The fraction of sp³-hybridized carbons (Fsp3) is 0.471. The van der Waals surface area contributed by atoms with E-state index < -0.39 is 0 Å². The average Bonchev–Trinajstić information content (AvgIpc) is 2.82. The second-order valence-corrected chi connectivity index (χ2v) is 5.47. The summed E-state index contributed by atoms with van der Waals surface area (Å²) in [6.07, 6.45) is 6.66. The van der Waals surface area contributed by atoms with E-state index in [-0.39, 0.29) is 5.91 Å². The van der Waals surface area contributed by atoms with Gasteiger partial charge in [-0.3, -0.25) is 4.79 Å². The molecule has 1 aromatic carbocycles. The molecule has 0 radical (unpaired) electrons. The Labute approximate surface area is 120 Å². The van der Waals surface area contributed by atoms with E-state index in [1.807, 2.05) is 6.07 Å². The lowest BCUT2D eigenvalue weighted by Crippen LogP contribution is -2.32. The summed E-state index contributed by atoms with van der Waals surface area (Å²) in [6, 6.07) is 8.59. The Balaban J connectivity index is 1.80. The Bertz CT molecular complexity index is 559. The lowest BCUT2D eigenvalue weighted by Gasteiger charge is -2.12. The molecule has 0 saturated carbocycles. The molecule has 2 aromatic rings. The van der Waals surface area contributed by atoms with Gasteiger partial charge in [-0.05, 0) is 37.8 Å². The number of aromatic amines is 1. The van der Waals surface area contributed by atoms with Gasteiger partial charge >= 0.3 is 0 Å². The molecule has 1 heterocycles. The smallest absolute Gasteiger partial charge is 0.220 e. The summed E-state index contributed by atoms with van der Waals surface area (Å²) in [6.45, 7) is 4.21. The summed E-state index contributed by atoms with van der Waals surface area (Å²) in [5.74, 6) is 0.172. The third-order valence-corrected chi connectivity index (χ3v) is 3.65. The Hall–Kier alpha value is -1.77. The molecule has 0 aliphatic heterocycles. The number of fused-ring (bicyclic) bond motifs is 1. The van der Waals surface area contributed by atoms with Gasteiger partial charge in [-0.2, -0.15) is 0 Å². The molecule has 108 valence electrons. The number of nitrogens with one attached hydrogen (secondary N) is 2. The van der Waals surface area contributed by atoms with Crippen LogP contribution >= 0.6 is 0 Å². The van der Waals surface area contributed by atoms with Gasteiger partial charge in [0.25, 0.3) is 0 Å². The molecule has 1 amide bonds.